The number of hydrogen-bond acceptors (Lipinski definition) is 4. The molecule has 0 fully saturated rings. The van der Waals surface area contributed by atoms with Crippen molar-refractivity contribution < 1.29 is 14.3 Å². The number of anilines is 1. The second-order valence-electron chi connectivity index (χ2n) is 6.99. The minimum Gasteiger partial charge on any atom is -0.444 e. The monoisotopic (exact) mass is 346 g/mol. The molecule has 2 N–H and O–H groups in total. The molecule has 1 aromatic rings. The lowest BCUT2D eigenvalue weighted by molar-refractivity contribution is 0.0278. The fourth-order valence-electron chi connectivity index (χ4n) is 2.06. The van der Waals surface area contributed by atoms with E-state index in [1.165, 1.54) is 4.90 Å². The molecule has 0 aromatic heterocycles. The van der Waals surface area contributed by atoms with Crippen LogP contribution in [-0.4, -0.2) is 42.8 Å². The van der Waals surface area contributed by atoms with E-state index < -0.39 is 11.7 Å². The molecule has 25 heavy (non-hydrogen) atoms. The van der Waals surface area contributed by atoms with Crippen LogP contribution in [0.4, 0.5) is 15.3 Å². The number of ether oxygens (including phenoxy) is 1. The smallest absolute Gasteiger partial charge is 0.410 e. The van der Waals surface area contributed by atoms with Crippen LogP contribution in [0.5, 0.6) is 0 Å². The van der Waals surface area contributed by atoms with Gasteiger partial charge in [-0.1, -0.05) is 13.0 Å². The highest BCUT2D eigenvalue weighted by Gasteiger charge is 2.20. The number of hydrogen-bond donors (Lipinski definition) is 2. The van der Waals surface area contributed by atoms with Gasteiger partial charge < -0.3 is 20.3 Å². The first-order valence-corrected chi connectivity index (χ1v) is 8.10. The predicted octanol–water partition coefficient (Wildman–Crippen LogP) is 3.18. The zero-order valence-electron chi connectivity index (χ0n) is 15.4. The van der Waals surface area contributed by atoms with E-state index in [2.05, 4.69) is 10.6 Å². The van der Waals surface area contributed by atoms with E-state index >= 15 is 0 Å². The van der Waals surface area contributed by atoms with E-state index in [9.17, 15) is 9.59 Å². The van der Waals surface area contributed by atoms with E-state index in [0.29, 0.717) is 24.3 Å². The summed E-state index contributed by atoms with van der Waals surface area (Å²) in [4.78, 5) is 25.3. The van der Waals surface area contributed by atoms with Crippen LogP contribution in [0.25, 0.3) is 0 Å². The van der Waals surface area contributed by atoms with Crippen molar-refractivity contribution >= 4 is 17.8 Å². The van der Waals surface area contributed by atoms with Crippen LogP contribution in [0.3, 0.4) is 0 Å². The number of urea groups is 1. The highest BCUT2D eigenvalue weighted by molar-refractivity contribution is 5.89. The first-order valence-electron chi connectivity index (χ1n) is 8.10. The number of nitrogens with one attached hydrogen (secondary N) is 2. The lowest BCUT2D eigenvalue weighted by atomic mass is 10.1. The van der Waals surface area contributed by atoms with E-state index in [1.54, 1.807) is 31.3 Å². The number of nitrogens with zero attached hydrogens (tertiary/aromatic N) is 2. The van der Waals surface area contributed by atoms with Gasteiger partial charge in [0, 0.05) is 25.8 Å². The molecular formula is C18H26N4O3. The van der Waals surface area contributed by atoms with Gasteiger partial charge in [0.25, 0.3) is 0 Å². The molecule has 0 saturated carbocycles. The van der Waals surface area contributed by atoms with Gasteiger partial charge in [0.1, 0.15) is 5.60 Å². The average molecular weight is 346 g/mol. The molecule has 0 radical (unpaired) electrons. The molecule has 136 valence electrons. The van der Waals surface area contributed by atoms with Crippen LogP contribution in [0.2, 0.25) is 0 Å². The number of rotatable bonds is 5. The molecule has 0 unspecified atom stereocenters. The normalized spacial score (nSPS) is 11.8. The lowest BCUT2D eigenvalue weighted by Gasteiger charge is -2.26. The molecule has 0 spiro atoms. The number of nitriles is 1. The first kappa shape index (κ1) is 20.3. The molecule has 0 aliphatic carbocycles. The summed E-state index contributed by atoms with van der Waals surface area (Å²) in [5.74, 6) is 0.0497. The predicted molar refractivity (Wildman–Crippen MR) is 96.2 cm³/mol. The quantitative estimate of drug-likeness (QED) is 0.856. The molecule has 1 atom stereocenters. The number of benzene rings is 1. The van der Waals surface area contributed by atoms with Crippen molar-refractivity contribution in [1.82, 2.24) is 10.2 Å². The standard InChI is InChI=1S/C18H26N4O3/c1-13(12-22(5)17(24)25-18(2,3)4)11-20-16(23)21-15-8-6-7-14(9-15)10-19/h6-9,13H,11-12H2,1-5H3,(H2,20,21,23)/t13-/m0/s1. The minimum atomic E-state index is -0.537. The van der Waals surface area contributed by atoms with Gasteiger partial charge in [0.2, 0.25) is 0 Å². The molecule has 0 aliphatic heterocycles. The van der Waals surface area contributed by atoms with Crippen LogP contribution in [0.15, 0.2) is 24.3 Å². The maximum absolute atomic E-state index is 11.9. The SMILES string of the molecule is C[C@@H](CNC(=O)Nc1cccc(C#N)c1)CN(C)C(=O)OC(C)(C)C. The van der Waals surface area contributed by atoms with Crippen LogP contribution < -0.4 is 10.6 Å². The van der Waals surface area contributed by atoms with Crippen LogP contribution in [0, 0.1) is 17.2 Å². The topological polar surface area (TPSA) is 94.5 Å². The Balaban J connectivity index is 2.40. The minimum absolute atomic E-state index is 0.0497. The Bertz CT molecular complexity index is 646. The summed E-state index contributed by atoms with van der Waals surface area (Å²) >= 11 is 0. The maximum Gasteiger partial charge on any atom is 0.410 e. The average Bonchev–Trinajstić information content (AvgIpc) is 2.51. The Morgan fingerprint density at radius 3 is 2.64 bits per heavy atom. The van der Waals surface area contributed by atoms with Gasteiger partial charge in [0.05, 0.1) is 11.6 Å². The third-order valence-corrected chi connectivity index (χ3v) is 3.15. The van der Waals surface area contributed by atoms with Crippen molar-refractivity contribution in [1.29, 1.82) is 5.26 Å². The van der Waals surface area contributed by atoms with Gasteiger partial charge in [-0.25, -0.2) is 9.59 Å². The summed E-state index contributed by atoms with van der Waals surface area (Å²) in [6.07, 6.45) is -0.392. The second-order valence-corrected chi connectivity index (χ2v) is 6.99. The summed E-state index contributed by atoms with van der Waals surface area (Å²) in [6.45, 7) is 8.23. The van der Waals surface area contributed by atoms with Crippen LogP contribution in [-0.2, 0) is 4.74 Å². The van der Waals surface area contributed by atoms with E-state index in [-0.39, 0.29) is 11.9 Å². The van der Waals surface area contributed by atoms with Gasteiger partial charge in [0.15, 0.2) is 0 Å². The molecule has 0 saturated heterocycles. The first-order chi connectivity index (χ1) is 11.6. The molecule has 1 aromatic carbocycles. The van der Waals surface area contributed by atoms with Gasteiger partial charge in [-0.3, -0.25) is 0 Å². The summed E-state index contributed by atoms with van der Waals surface area (Å²) in [7, 11) is 1.66. The Morgan fingerprint density at radius 1 is 1.36 bits per heavy atom. The second kappa shape index (κ2) is 8.92. The molecule has 7 heteroatoms. The number of carbonyl (C=O) groups excluding carboxylic acids is 2. The van der Waals surface area contributed by atoms with Crippen molar-refractivity contribution in [3.05, 3.63) is 29.8 Å². The van der Waals surface area contributed by atoms with Gasteiger partial charge in [-0.2, -0.15) is 5.26 Å². The van der Waals surface area contributed by atoms with E-state index in [0.717, 1.165) is 0 Å². The summed E-state index contributed by atoms with van der Waals surface area (Å²) in [6, 6.07) is 8.33. The van der Waals surface area contributed by atoms with Crippen molar-refractivity contribution in [2.45, 2.75) is 33.3 Å². The van der Waals surface area contributed by atoms with Gasteiger partial charge >= 0.3 is 12.1 Å². The van der Waals surface area contributed by atoms with Crippen molar-refractivity contribution in [3.8, 4) is 6.07 Å². The van der Waals surface area contributed by atoms with Crippen molar-refractivity contribution in [2.75, 3.05) is 25.5 Å². The maximum atomic E-state index is 11.9. The Kier molecular flexibility index (Phi) is 7.24. The van der Waals surface area contributed by atoms with E-state index in [4.69, 9.17) is 10.00 Å². The van der Waals surface area contributed by atoms with Gasteiger partial charge in [-0.15, -0.1) is 0 Å². The van der Waals surface area contributed by atoms with Crippen molar-refractivity contribution in [2.24, 2.45) is 5.92 Å². The zero-order chi connectivity index (χ0) is 19.0. The third kappa shape index (κ3) is 8.06. The van der Waals surface area contributed by atoms with Crippen molar-refractivity contribution in [3.63, 3.8) is 0 Å². The van der Waals surface area contributed by atoms with Crippen LogP contribution >= 0.6 is 0 Å². The number of amides is 3. The largest absolute Gasteiger partial charge is 0.444 e. The Hall–Kier alpha value is -2.75. The van der Waals surface area contributed by atoms with E-state index in [1.807, 2.05) is 33.8 Å². The lowest BCUT2D eigenvalue weighted by Crippen LogP contribution is -2.40. The summed E-state index contributed by atoms with van der Waals surface area (Å²) in [5.41, 5.74) is 0.491. The molecule has 0 bridgehead atoms. The Labute approximate surface area is 148 Å². The Morgan fingerprint density at radius 2 is 2.04 bits per heavy atom. The molecule has 0 aliphatic rings. The highest BCUT2D eigenvalue weighted by atomic mass is 16.6. The summed E-state index contributed by atoms with van der Waals surface area (Å²) in [5, 5.41) is 14.3. The molecular weight excluding hydrogens is 320 g/mol. The molecule has 1 rings (SSSR count). The highest BCUT2D eigenvalue weighted by Crippen LogP contribution is 2.11. The molecule has 0 heterocycles. The fourth-order valence-corrected chi connectivity index (χ4v) is 2.06. The fraction of sp³-hybridized carbons (Fsp3) is 0.500. The van der Waals surface area contributed by atoms with Crippen LogP contribution in [0.1, 0.15) is 33.3 Å². The molecule has 3 amide bonds. The zero-order valence-corrected chi connectivity index (χ0v) is 15.4. The third-order valence-electron chi connectivity index (χ3n) is 3.15. The van der Waals surface area contributed by atoms with Gasteiger partial charge in [-0.05, 0) is 44.9 Å². The summed E-state index contributed by atoms with van der Waals surface area (Å²) < 4.78 is 5.29. The number of carbonyl (C=O) groups is 2. The molecule has 7 nitrogen and oxygen atoms in total.